The number of hydrogen-bond donors (Lipinski definition) is 1. The summed E-state index contributed by atoms with van der Waals surface area (Å²) in [5, 5.41) is 0. The third kappa shape index (κ3) is 2.33. The summed E-state index contributed by atoms with van der Waals surface area (Å²) in [7, 11) is 1.75. The summed E-state index contributed by atoms with van der Waals surface area (Å²) < 4.78 is 5.33. The van der Waals surface area contributed by atoms with Crippen LogP contribution in [0.2, 0.25) is 0 Å². The van der Waals surface area contributed by atoms with E-state index in [0.717, 1.165) is 19.7 Å². The van der Waals surface area contributed by atoms with Crippen molar-refractivity contribution in [3.8, 4) is 0 Å². The monoisotopic (exact) mass is 240 g/mol. The highest BCUT2D eigenvalue weighted by Gasteiger charge is 2.49. The van der Waals surface area contributed by atoms with Gasteiger partial charge in [-0.25, -0.2) is 0 Å². The maximum absolute atomic E-state index is 12.0. The van der Waals surface area contributed by atoms with Crippen LogP contribution in [0, 0.1) is 11.3 Å². The van der Waals surface area contributed by atoms with E-state index in [2.05, 4.69) is 0 Å². The lowest BCUT2D eigenvalue weighted by Crippen LogP contribution is -2.41. The summed E-state index contributed by atoms with van der Waals surface area (Å²) in [5.74, 6) is 0.590. The molecule has 2 atom stereocenters. The molecule has 0 aromatic carbocycles. The molecule has 2 N–H and O–H groups in total. The predicted octanol–water partition coefficient (Wildman–Crippen LogP) is 0.999. The van der Waals surface area contributed by atoms with Crippen molar-refractivity contribution in [3.63, 3.8) is 0 Å². The number of likely N-dealkylation sites (tertiary alicyclic amines) is 1. The highest BCUT2D eigenvalue weighted by molar-refractivity contribution is 5.81. The van der Waals surface area contributed by atoms with E-state index in [4.69, 9.17) is 10.5 Å². The van der Waals surface area contributed by atoms with Crippen LogP contribution in [0.5, 0.6) is 0 Å². The minimum atomic E-state index is -0.380. The lowest BCUT2D eigenvalue weighted by molar-refractivity contribution is -0.131. The Balaban J connectivity index is 2.09. The molecule has 1 aliphatic heterocycles. The SMILES string of the molecule is COC[C@H]1CN(C(=O)[C@H](C)N)CC12CCCC2. The number of rotatable bonds is 3. The average Bonchev–Trinajstić information content (AvgIpc) is 2.88. The second-order valence-corrected chi connectivity index (χ2v) is 5.73. The summed E-state index contributed by atoms with van der Waals surface area (Å²) in [6, 6.07) is -0.380. The van der Waals surface area contributed by atoms with Crippen molar-refractivity contribution in [3.05, 3.63) is 0 Å². The summed E-state index contributed by atoms with van der Waals surface area (Å²) in [6.45, 7) is 4.26. The number of nitrogens with two attached hydrogens (primary N) is 1. The molecule has 1 saturated heterocycles. The first-order valence-corrected chi connectivity index (χ1v) is 6.62. The first-order valence-electron chi connectivity index (χ1n) is 6.62. The lowest BCUT2D eigenvalue weighted by atomic mass is 9.77. The topological polar surface area (TPSA) is 55.6 Å². The van der Waals surface area contributed by atoms with E-state index in [1.165, 1.54) is 25.7 Å². The van der Waals surface area contributed by atoms with Gasteiger partial charge in [-0.15, -0.1) is 0 Å². The third-order valence-electron chi connectivity index (χ3n) is 4.48. The zero-order chi connectivity index (χ0) is 12.5. The van der Waals surface area contributed by atoms with Crippen molar-refractivity contribution in [1.82, 2.24) is 4.90 Å². The average molecular weight is 240 g/mol. The lowest BCUT2D eigenvalue weighted by Gasteiger charge is -2.29. The molecule has 0 bridgehead atoms. The molecular formula is C13H24N2O2. The van der Waals surface area contributed by atoms with Gasteiger partial charge in [0.15, 0.2) is 0 Å². The zero-order valence-electron chi connectivity index (χ0n) is 10.9. The van der Waals surface area contributed by atoms with Crippen LogP contribution in [0.15, 0.2) is 0 Å². The van der Waals surface area contributed by atoms with Gasteiger partial charge in [-0.2, -0.15) is 0 Å². The van der Waals surface area contributed by atoms with Gasteiger partial charge in [-0.3, -0.25) is 4.79 Å². The van der Waals surface area contributed by atoms with Crippen LogP contribution in [0.3, 0.4) is 0 Å². The first kappa shape index (κ1) is 12.8. The molecule has 1 spiro atoms. The number of hydrogen-bond acceptors (Lipinski definition) is 3. The quantitative estimate of drug-likeness (QED) is 0.800. The normalized spacial score (nSPS) is 28.9. The Kier molecular flexibility index (Phi) is 3.73. The molecule has 0 radical (unpaired) electrons. The molecular weight excluding hydrogens is 216 g/mol. The van der Waals surface area contributed by atoms with Crippen LogP contribution in [0.4, 0.5) is 0 Å². The van der Waals surface area contributed by atoms with E-state index in [1.54, 1.807) is 14.0 Å². The van der Waals surface area contributed by atoms with Gasteiger partial charge in [0.2, 0.25) is 5.91 Å². The molecule has 2 rings (SSSR count). The highest BCUT2D eigenvalue weighted by atomic mass is 16.5. The van der Waals surface area contributed by atoms with E-state index in [0.29, 0.717) is 11.3 Å². The fraction of sp³-hybridized carbons (Fsp3) is 0.923. The van der Waals surface area contributed by atoms with Gasteiger partial charge in [0, 0.05) is 26.1 Å². The molecule has 4 heteroatoms. The molecule has 1 amide bonds. The fourth-order valence-electron chi connectivity index (χ4n) is 3.57. The van der Waals surface area contributed by atoms with Crippen LogP contribution in [-0.2, 0) is 9.53 Å². The Morgan fingerprint density at radius 2 is 2.18 bits per heavy atom. The minimum absolute atomic E-state index is 0.0925. The van der Waals surface area contributed by atoms with Gasteiger partial charge in [-0.1, -0.05) is 12.8 Å². The van der Waals surface area contributed by atoms with Crippen molar-refractivity contribution in [2.24, 2.45) is 17.1 Å². The summed E-state index contributed by atoms with van der Waals surface area (Å²) >= 11 is 0. The van der Waals surface area contributed by atoms with E-state index < -0.39 is 0 Å². The largest absolute Gasteiger partial charge is 0.384 e. The number of methoxy groups -OCH3 is 1. The Hall–Kier alpha value is -0.610. The number of amides is 1. The van der Waals surface area contributed by atoms with Crippen LogP contribution in [-0.4, -0.2) is 43.7 Å². The van der Waals surface area contributed by atoms with Crippen molar-refractivity contribution < 1.29 is 9.53 Å². The Labute approximate surface area is 103 Å². The third-order valence-corrected chi connectivity index (χ3v) is 4.48. The Morgan fingerprint density at radius 3 is 2.71 bits per heavy atom. The molecule has 98 valence electrons. The van der Waals surface area contributed by atoms with Crippen LogP contribution >= 0.6 is 0 Å². The highest BCUT2D eigenvalue weighted by Crippen LogP contribution is 2.49. The maximum atomic E-state index is 12.0. The summed E-state index contributed by atoms with van der Waals surface area (Å²) in [4.78, 5) is 14.0. The van der Waals surface area contributed by atoms with Gasteiger partial charge in [-0.05, 0) is 25.2 Å². The molecule has 0 unspecified atom stereocenters. The van der Waals surface area contributed by atoms with Crippen molar-refractivity contribution in [2.75, 3.05) is 26.8 Å². The van der Waals surface area contributed by atoms with Gasteiger partial charge in [0.05, 0.1) is 12.6 Å². The van der Waals surface area contributed by atoms with Crippen LogP contribution in [0.25, 0.3) is 0 Å². The first-order chi connectivity index (χ1) is 8.09. The second-order valence-electron chi connectivity index (χ2n) is 5.73. The second kappa shape index (κ2) is 4.94. The summed E-state index contributed by atoms with van der Waals surface area (Å²) in [5.41, 5.74) is 6.02. The maximum Gasteiger partial charge on any atom is 0.239 e. The number of nitrogens with zero attached hydrogens (tertiary/aromatic N) is 1. The molecule has 1 heterocycles. The van der Waals surface area contributed by atoms with Crippen molar-refractivity contribution in [2.45, 2.75) is 38.6 Å². The van der Waals surface area contributed by atoms with E-state index in [-0.39, 0.29) is 11.9 Å². The molecule has 4 nitrogen and oxygen atoms in total. The molecule has 0 aromatic heterocycles. The molecule has 2 fully saturated rings. The number of ether oxygens (including phenoxy) is 1. The standard InChI is InChI=1S/C13H24N2O2/c1-10(14)12(16)15-7-11(8-17-2)13(9-15)5-3-4-6-13/h10-11H,3-9,14H2,1-2H3/t10-,11+/m0/s1. The van der Waals surface area contributed by atoms with E-state index in [1.807, 2.05) is 4.90 Å². The predicted molar refractivity (Wildman–Crippen MR) is 66.5 cm³/mol. The van der Waals surface area contributed by atoms with Gasteiger partial charge in [0.1, 0.15) is 0 Å². The van der Waals surface area contributed by atoms with Gasteiger partial charge in [0.25, 0.3) is 0 Å². The number of carbonyl (C=O) groups is 1. The molecule has 17 heavy (non-hydrogen) atoms. The Bertz CT molecular complexity index is 285. The number of carbonyl (C=O) groups excluding carboxylic acids is 1. The molecule has 2 aliphatic rings. The molecule has 0 aromatic rings. The van der Waals surface area contributed by atoms with Crippen LogP contribution < -0.4 is 5.73 Å². The van der Waals surface area contributed by atoms with Crippen molar-refractivity contribution >= 4 is 5.91 Å². The summed E-state index contributed by atoms with van der Waals surface area (Å²) in [6.07, 6.45) is 5.06. The van der Waals surface area contributed by atoms with Gasteiger partial charge < -0.3 is 15.4 Å². The minimum Gasteiger partial charge on any atom is -0.384 e. The fourth-order valence-corrected chi connectivity index (χ4v) is 3.57. The smallest absolute Gasteiger partial charge is 0.239 e. The van der Waals surface area contributed by atoms with E-state index in [9.17, 15) is 4.79 Å². The molecule has 1 aliphatic carbocycles. The molecule has 1 saturated carbocycles. The van der Waals surface area contributed by atoms with E-state index >= 15 is 0 Å². The van der Waals surface area contributed by atoms with Crippen LogP contribution in [0.1, 0.15) is 32.6 Å². The van der Waals surface area contributed by atoms with Crippen molar-refractivity contribution in [1.29, 1.82) is 0 Å². The van der Waals surface area contributed by atoms with Gasteiger partial charge >= 0.3 is 0 Å². The zero-order valence-corrected chi connectivity index (χ0v) is 10.9. The Morgan fingerprint density at radius 1 is 1.53 bits per heavy atom.